The van der Waals surface area contributed by atoms with E-state index in [4.69, 9.17) is 11.6 Å². The Morgan fingerprint density at radius 1 is 1.22 bits per heavy atom. The Bertz CT molecular complexity index is 660. The van der Waals surface area contributed by atoms with E-state index in [0.29, 0.717) is 11.6 Å². The quantitative estimate of drug-likeness (QED) is 0.871. The number of hydrogen-bond acceptors (Lipinski definition) is 2. The minimum atomic E-state index is -0.261. The summed E-state index contributed by atoms with van der Waals surface area (Å²) in [6.45, 7) is 2.74. The van der Waals surface area contributed by atoms with Crippen LogP contribution in [0.25, 0.3) is 0 Å². The molecule has 0 saturated heterocycles. The highest BCUT2D eigenvalue weighted by atomic mass is 35.5. The summed E-state index contributed by atoms with van der Waals surface area (Å²) in [5.41, 5.74) is 1.85. The van der Waals surface area contributed by atoms with E-state index in [2.05, 4.69) is 5.32 Å². The maximum absolute atomic E-state index is 12.9. The van der Waals surface area contributed by atoms with Gasteiger partial charge >= 0.3 is 0 Å². The first-order chi connectivity index (χ1) is 11.0. The maximum atomic E-state index is 12.9. The van der Waals surface area contributed by atoms with Gasteiger partial charge in [-0.05, 0) is 43.3 Å². The Labute approximate surface area is 141 Å². The van der Waals surface area contributed by atoms with Crippen LogP contribution in [0.1, 0.15) is 24.1 Å². The second kappa shape index (κ2) is 8.09. The van der Waals surface area contributed by atoms with Gasteiger partial charge < -0.3 is 5.32 Å². The van der Waals surface area contributed by atoms with Crippen LogP contribution < -0.4 is 5.32 Å². The van der Waals surface area contributed by atoms with E-state index >= 15 is 0 Å². The van der Waals surface area contributed by atoms with E-state index in [1.807, 2.05) is 37.1 Å². The molecule has 0 aliphatic carbocycles. The second-order valence-corrected chi connectivity index (χ2v) is 6.02. The summed E-state index contributed by atoms with van der Waals surface area (Å²) in [6, 6.07) is 13.6. The molecular formula is C18H20ClFN2O. The zero-order valence-corrected chi connectivity index (χ0v) is 14.0. The fourth-order valence-corrected chi connectivity index (χ4v) is 2.69. The highest BCUT2D eigenvalue weighted by molar-refractivity contribution is 6.31. The van der Waals surface area contributed by atoms with E-state index in [1.54, 1.807) is 18.2 Å². The fraction of sp³-hybridized carbons (Fsp3) is 0.278. The third-order valence-electron chi connectivity index (χ3n) is 3.53. The topological polar surface area (TPSA) is 32.3 Å². The van der Waals surface area contributed by atoms with Gasteiger partial charge in [0.15, 0.2) is 0 Å². The van der Waals surface area contributed by atoms with Crippen LogP contribution in [0.15, 0.2) is 48.5 Å². The van der Waals surface area contributed by atoms with E-state index < -0.39 is 0 Å². The summed E-state index contributed by atoms with van der Waals surface area (Å²) < 4.78 is 12.9. The molecule has 2 aromatic rings. The van der Waals surface area contributed by atoms with Gasteiger partial charge in [-0.2, -0.15) is 0 Å². The van der Waals surface area contributed by atoms with Crippen molar-refractivity contribution >= 4 is 17.5 Å². The number of rotatable bonds is 6. The first kappa shape index (κ1) is 17.4. The number of carbonyl (C=O) groups excluding carboxylic acids is 1. The van der Waals surface area contributed by atoms with Gasteiger partial charge in [-0.3, -0.25) is 9.69 Å². The summed E-state index contributed by atoms with van der Waals surface area (Å²) in [5, 5.41) is 3.58. The van der Waals surface area contributed by atoms with Gasteiger partial charge in [0.25, 0.3) is 0 Å². The first-order valence-electron chi connectivity index (χ1n) is 7.42. The van der Waals surface area contributed by atoms with Crippen molar-refractivity contribution in [1.82, 2.24) is 10.2 Å². The molecule has 1 N–H and O–H groups in total. The molecule has 5 heteroatoms. The second-order valence-electron chi connectivity index (χ2n) is 5.61. The number of halogens is 2. The van der Waals surface area contributed by atoms with Crippen LogP contribution in [-0.2, 0) is 11.3 Å². The zero-order valence-electron chi connectivity index (χ0n) is 13.2. The number of likely N-dealkylation sites (N-methyl/N-ethyl adjacent to an activating group) is 1. The number of carbonyl (C=O) groups is 1. The van der Waals surface area contributed by atoms with Crippen molar-refractivity contribution in [1.29, 1.82) is 0 Å². The summed E-state index contributed by atoms with van der Waals surface area (Å²) in [5.74, 6) is -0.343. The lowest BCUT2D eigenvalue weighted by atomic mass is 10.1. The molecule has 1 amide bonds. The van der Waals surface area contributed by atoms with Gasteiger partial charge in [-0.1, -0.05) is 41.9 Å². The van der Waals surface area contributed by atoms with Crippen molar-refractivity contribution in [3.05, 3.63) is 70.5 Å². The SMILES string of the molecule is CC(NC(=O)CN(C)Cc1ccc(F)cc1)c1ccccc1Cl. The van der Waals surface area contributed by atoms with Gasteiger partial charge in [0, 0.05) is 11.6 Å². The molecule has 2 rings (SSSR count). The average molecular weight is 335 g/mol. The molecule has 1 unspecified atom stereocenters. The van der Waals surface area contributed by atoms with Crippen molar-refractivity contribution in [2.45, 2.75) is 19.5 Å². The van der Waals surface area contributed by atoms with E-state index in [1.165, 1.54) is 12.1 Å². The van der Waals surface area contributed by atoms with Gasteiger partial charge in [-0.15, -0.1) is 0 Å². The molecule has 0 aliphatic heterocycles. The maximum Gasteiger partial charge on any atom is 0.234 e. The van der Waals surface area contributed by atoms with Crippen molar-refractivity contribution in [3.63, 3.8) is 0 Å². The molecule has 23 heavy (non-hydrogen) atoms. The molecule has 3 nitrogen and oxygen atoms in total. The molecule has 0 saturated carbocycles. The van der Waals surface area contributed by atoms with Crippen LogP contribution in [-0.4, -0.2) is 24.4 Å². The molecule has 0 fully saturated rings. The Morgan fingerprint density at radius 2 is 1.87 bits per heavy atom. The Morgan fingerprint density at radius 3 is 2.52 bits per heavy atom. The van der Waals surface area contributed by atoms with Crippen LogP contribution >= 0.6 is 11.6 Å². The molecule has 0 aliphatic rings. The summed E-state index contributed by atoms with van der Waals surface area (Å²) >= 11 is 6.14. The van der Waals surface area contributed by atoms with E-state index in [-0.39, 0.29) is 24.3 Å². The average Bonchev–Trinajstić information content (AvgIpc) is 2.49. The standard InChI is InChI=1S/C18H20ClFN2O/c1-13(16-5-3-4-6-17(16)19)21-18(23)12-22(2)11-14-7-9-15(20)10-8-14/h3-10,13H,11-12H2,1-2H3,(H,21,23). The molecular weight excluding hydrogens is 315 g/mol. The van der Waals surface area contributed by atoms with Crippen LogP contribution in [0.2, 0.25) is 5.02 Å². The Hall–Kier alpha value is -1.91. The smallest absolute Gasteiger partial charge is 0.234 e. The fourth-order valence-electron chi connectivity index (χ4n) is 2.39. The number of nitrogens with one attached hydrogen (secondary N) is 1. The highest BCUT2D eigenvalue weighted by Crippen LogP contribution is 2.21. The molecule has 1 atom stereocenters. The van der Waals surface area contributed by atoms with Gasteiger partial charge in [-0.25, -0.2) is 4.39 Å². The summed E-state index contributed by atoms with van der Waals surface area (Å²) in [6.07, 6.45) is 0. The minimum absolute atomic E-state index is 0.0815. The molecule has 0 heterocycles. The van der Waals surface area contributed by atoms with Crippen molar-refractivity contribution in [2.24, 2.45) is 0 Å². The molecule has 0 bridgehead atoms. The highest BCUT2D eigenvalue weighted by Gasteiger charge is 2.13. The van der Waals surface area contributed by atoms with Crippen LogP contribution in [0.5, 0.6) is 0 Å². The lowest BCUT2D eigenvalue weighted by Gasteiger charge is -2.20. The van der Waals surface area contributed by atoms with Crippen molar-refractivity contribution in [2.75, 3.05) is 13.6 Å². The van der Waals surface area contributed by atoms with E-state index in [9.17, 15) is 9.18 Å². The monoisotopic (exact) mass is 334 g/mol. The summed E-state index contributed by atoms with van der Waals surface area (Å²) in [4.78, 5) is 14.0. The zero-order chi connectivity index (χ0) is 16.8. The molecule has 122 valence electrons. The van der Waals surface area contributed by atoms with Gasteiger partial charge in [0.1, 0.15) is 5.82 Å². The third kappa shape index (κ3) is 5.34. The van der Waals surface area contributed by atoms with E-state index in [0.717, 1.165) is 11.1 Å². The first-order valence-corrected chi connectivity index (χ1v) is 7.80. The minimum Gasteiger partial charge on any atom is -0.348 e. The lowest BCUT2D eigenvalue weighted by Crippen LogP contribution is -2.36. The molecule has 0 radical (unpaired) electrons. The molecule has 0 spiro atoms. The molecule has 2 aromatic carbocycles. The normalized spacial score (nSPS) is 12.2. The van der Waals surface area contributed by atoms with Crippen molar-refractivity contribution in [3.8, 4) is 0 Å². The molecule has 0 aromatic heterocycles. The number of nitrogens with zero attached hydrogens (tertiary/aromatic N) is 1. The van der Waals surface area contributed by atoms with Crippen molar-refractivity contribution < 1.29 is 9.18 Å². The Balaban J connectivity index is 1.86. The lowest BCUT2D eigenvalue weighted by molar-refractivity contribution is -0.122. The van der Waals surface area contributed by atoms with Gasteiger partial charge in [0.05, 0.1) is 12.6 Å². The largest absolute Gasteiger partial charge is 0.348 e. The predicted molar refractivity (Wildman–Crippen MR) is 90.7 cm³/mol. The third-order valence-corrected chi connectivity index (χ3v) is 3.87. The Kier molecular flexibility index (Phi) is 6.13. The number of amides is 1. The number of benzene rings is 2. The van der Waals surface area contributed by atoms with Crippen LogP contribution in [0.3, 0.4) is 0 Å². The van der Waals surface area contributed by atoms with Gasteiger partial charge in [0.2, 0.25) is 5.91 Å². The number of hydrogen-bond donors (Lipinski definition) is 1. The van der Waals surface area contributed by atoms with Crippen LogP contribution in [0.4, 0.5) is 4.39 Å². The predicted octanol–water partition coefficient (Wildman–Crippen LogP) is 3.79. The summed E-state index contributed by atoms with van der Waals surface area (Å²) in [7, 11) is 1.85. The van der Waals surface area contributed by atoms with Crippen LogP contribution in [0, 0.1) is 5.82 Å².